The van der Waals surface area contributed by atoms with E-state index < -0.39 is 23.7 Å². The number of carboxylic acid groups (broad SMARTS) is 1. The molecular weight excluding hydrogens is 236 g/mol. The lowest BCUT2D eigenvalue weighted by Gasteiger charge is -2.30. The molecule has 102 valence electrons. The Bertz CT molecular complexity index is 364. The Morgan fingerprint density at radius 1 is 1.33 bits per heavy atom. The van der Waals surface area contributed by atoms with Gasteiger partial charge in [0.15, 0.2) is 0 Å². The highest BCUT2D eigenvalue weighted by molar-refractivity contribution is 5.81. The zero-order chi connectivity index (χ0) is 13.5. The van der Waals surface area contributed by atoms with Crippen LogP contribution in [0.3, 0.4) is 0 Å². The van der Waals surface area contributed by atoms with Crippen LogP contribution in [0.1, 0.15) is 27.2 Å². The van der Waals surface area contributed by atoms with E-state index in [1.165, 1.54) is 4.90 Å². The van der Waals surface area contributed by atoms with Crippen LogP contribution in [0.25, 0.3) is 0 Å². The number of carbonyl (C=O) groups excluding carboxylic acids is 1. The Morgan fingerprint density at radius 2 is 2.00 bits per heavy atom. The van der Waals surface area contributed by atoms with Crippen molar-refractivity contribution in [2.24, 2.45) is 5.92 Å². The Morgan fingerprint density at radius 3 is 2.56 bits per heavy atom. The summed E-state index contributed by atoms with van der Waals surface area (Å²) in [7, 11) is 0. The Labute approximate surface area is 106 Å². The minimum absolute atomic E-state index is 0.0547. The molecule has 6 heteroatoms. The van der Waals surface area contributed by atoms with Gasteiger partial charge in [-0.15, -0.1) is 0 Å². The molecule has 2 fully saturated rings. The molecule has 0 bridgehead atoms. The minimum atomic E-state index is -0.949. The summed E-state index contributed by atoms with van der Waals surface area (Å²) in [6.07, 6.45) is -0.0159. The number of hydrogen-bond donors (Lipinski definition) is 2. The van der Waals surface area contributed by atoms with E-state index in [0.717, 1.165) is 6.54 Å². The summed E-state index contributed by atoms with van der Waals surface area (Å²) in [5.74, 6) is -0.728. The number of ether oxygens (including phenoxy) is 1. The topological polar surface area (TPSA) is 78.9 Å². The van der Waals surface area contributed by atoms with Crippen LogP contribution in [0, 0.1) is 5.92 Å². The van der Waals surface area contributed by atoms with E-state index in [2.05, 4.69) is 5.32 Å². The molecule has 0 aliphatic carbocycles. The quantitative estimate of drug-likeness (QED) is 0.721. The maximum Gasteiger partial charge on any atom is 0.411 e. The second-order valence-corrected chi connectivity index (χ2v) is 5.96. The lowest BCUT2D eigenvalue weighted by molar-refractivity contribution is -0.142. The summed E-state index contributed by atoms with van der Waals surface area (Å²) in [5.41, 5.74) is -0.607. The number of likely N-dealkylation sites (tertiary alicyclic amines) is 1. The molecule has 0 radical (unpaired) electrons. The maximum atomic E-state index is 12.1. The van der Waals surface area contributed by atoms with Gasteiger partial charge in [0.2, 0.25) is 0 Å². The number of aliphatic carboxylic acids is 1. The fraction of sp³-hybridized carbons (Fsp3) is 0.833. The number of carboxylic acids is 1. The van der Waals surface area contributed by atoms with E-state index in [0.29, 0.717) is 13.0 Å². The number of nitrogens with zero attached hydrogens (tertiary/aromatic N) is 1. The predicted molar refractivity (Wildman–Crippen MR) is 64.3 cm³/mol. The predicted octanol–water partition coefficient (Wildman–Crippen LogP) is 0.668. The highest BCUT2D eigenvalue weighted by atomic mass is 16.6. The average molecular weight is 256 g/mol. The highest BCUT2D eigenvalue weighted by Crippen LogP contribution is 2.33. The summed E-state index contributed by atoms with van der Waals surface area (Å²) in [5, 5.41) is 12.4. The monoisotopic (exact) mass is 256 g/mol. The number of carbonyl (C=O) groups is 2. The number of hydrogen-bond acceptors (Lipinski definition) is 4. The van der Waals surface area contributed by atoms with Gasteiger partial charge in [0, 0.05) is 13.1 Å². The van der Waals surface area contributed by atoms with Crippen LogP contribution in [0.5, 0.6) is 0 Å². The SMILES string of the molecule is CC(C)(C)OC(=O)N1[C@H](C(=O)O)C[C@@H]2CNC[C@@H]21. The summed E-state index contributed by atoms with van der Waals surface area (Å²) in [6.45, 7) is 6.75. The van der Waals surface area contributed by atoms with Gasteiger partial charge >= 0.3 is 12.1 Å². The van der Waals surface area contributed by atoms with Crippen molar-refractivity contribution in [1.82, 2.24) is 10.2 Å². The molecule has 0 saturated carbocycles. The molecule has 0 aromatic carbocycles. The average Bonchev–Trinajstić information content (AvgIpc) is 2.70. The van der Waals surface area contributed by atoms with Crippen LogP contribution in [-0.2, 0) is 9.53 Å². The normalized spacial score (nSPS) is 31.3. The van der Waals surface area contributed by atoms with E-state index >= 15 is 0 Å². The lowest BCUT2D eigenvalue weighted by Crippen LogP contribution is -2.48. The minimum Gasteiger partial charge on any atom is -0.480 e. The molecule has 0 spiro atoms. The summed E-state index contributed by atoms with van der Waals surface area (Å²) >= 11 is 0. The van der Waals surface area contributed by atoms with Crippen LogP contribution in [-0.4, -0.2) is 52.8 Å². The second kappa shape index (κ2) is 4.42. The molecule has 6 nitrogen and oxygen atoms in total. The van der Waals surface area contributed by atoms with Gasteiger partial charge in [0.25, 0.3) is 0 Å². The van der Waals surface area contributed by atoms with Gasteiger partial charge in [-0.25, -0.2) is 9.59 Å². The fourth-order valence-electron chi connectivity index (χ4n) is 2.71. The zero-order valence-electron chi connectivity index (χ0n) is 11.0. The first-order valence-electron chi connectivity index (χ1n) is 6.24. The van der Waals surface area contributed by atoms with Gasteiger partial charge in [0.1, 0.15) is 11.6 Å². The summed E-state index contributed by atoms with van der Waals surface area (Å²) < 4.78 is 5.31. The molecule has 1 amide bonds. The third-order valence-corrected chi connectivity index (χ3v) is 3.41. The molecule has 2 aliphatic rings. The van der Waals surface area contributed by atoms with Crippen LogP contribution in [0.2, 0.25) is 0 Å². The van der Waals surface area contributed by atoms with Gasteiger partial charge in [-0.2, -0.15) is 0 Å². The van der Waals surface area contributed by atoms with E-state index in [4.69, 9.17) is 4.74 Å². The number of nitrogens with one attached hydrogen (secondary N) is 1. The van der Waals surface area contributed by atoms with Crippen LogP contribution < -0.4 is 5.32 Å². The van der Waals surface area contributed by atoms with Gasteiger partial charge in [-0.1, -0.05) is 0 Å². The largest absolute Gasteiger partial charge is 0.480 e. The molecule has 0 unspecified atom stereocenters. The molecule has 2 rings (SSSR count). The molecule has 2 N–H and O–H groups in total. The third-order valence-electron chi connectivity index (χ3n) is 3.41. The first-order valence-corrected chi connectivity index (χ1v) is 6.24. The van der Waals surface area contributed by atoms with Gasteiger partial charge < -0.3 is 15.2 Å². The van der Waals surface area contributed by atoms with E-state index in [1.54, 1.807) is 20.8 Å². The second-order valence-electron chi connectivity index (χ2n) is 5.96. The van der Waals surface area contributed by atoms with Crippen molar-refractivity contribution in [3.63, 3.8) is 0 Å². The molecule has 0 aromatic rings. The molecular formula is C12H20N2O4. The van der Waals surface area contributed by atoms with Crippen molar-refractivity contribution in [2.45, 2.75) is 44.9 Å². The van der Waals surface area contributed by atoms with Crippen LogP contribution in [0.15, 0.2) is 0 Å². The number of amides is 1. The van der Waals surface area contributed by atoms with E-state index in [-0.39, 0.29) is 12.0 Å². The van der Waals surface area contributed by atoms with Gasteiger partial charge in [-0.3, -0.25) is 4.90 Å². The van der Waals surface area contributed by atoms with Gasteiger partial charge in [-0.05, 0) is 33.1 Å². The summed E-state index contributed by atoms with van der Waals surface area (Å²) in [6, 6.07) is -0.808. The Hall–Kier alpha value is -1.30. The number of fused-ring (bicyclic) bond motifs is 1. The van der Waals surface area contributed by atoms with Crippen LogP contribution in [0.4, 0.5) is 4.79 Å². The van der Waals surface area contributed by atoms with Crippen molar-refractivity contribution in [2.75, 3.05) is 13.1 Å². The van der Waals surface area contributed by atoms with Crippen molar-refractivity contribution < 1.29 is 19.4 Å². The first-order chi connectivity index (χ1) is 8.29. The molecule has 2 aliphatic heterocycles. The molecule has 0 aromatic heterocycles. The highest BCUT2D eigenvalue weighted by Gasteiger charge is 2.50. The lowest BCUT2D eigenvalue weighted by atomic mass is 10.0. The van der Waals surface area contributed by atoms with Crippen molar-refractivity contribution >= 4 is 12.1 Å². The smallest absolute Gasteiger partial charge is 0.411 e. The maximum absolute atomic E-state index is 12.1. The molecule has 3 atom stereocenters. The molecule has 2 heterocycles. The molecule has 18 heavy (non-hydrogen) atoms. The Kier molecular flexibility index (Phi) is 3.23. The fourth-order valence-corrected chi connectivity index (χ4v) is 2.71. The van der Waals surface area contributed by atoms with Crippen LogP contribution >= 0.6 is 0 Å². The van der Waals surface area contributed by atoms with Crippen molar-refractivity contribution in [1.29, 1.82) is 0 Å². The number of rotatable bonds is 1. The molecule has 2 saturated heterocycles. The standard InChI is InChI=1S/C12H20N2O4/c1-12(2,3)18-11(17)14-8(10(15)16)4-7-5-13-6-9(7)14/h7-9,13H,4-6H2,1-3H3,(H,15,16)/t7-,8+,9+/m1/s1. The van der Waals surface area contributed by atoms with Crippen molar-refractivity contribution in [3.05, 3.63) is 0 Å². The van der Waals surface area contributed by atoms with Crippen molar-refractivity contribution in [3.8, 4) is 0 Å². The summed E-state index contributed by atoms with van der Waals surface area (Å²) in [4.78, 5) is 24.8. The van der Waals surface area contributed by atoms with Gasteiger partial charge in [0.05, 0.1) is 6.04 Å². The zero-order valence-corrected chi connectivity index (χ0v) is 11.0. The Balaban J connectivity index is 2.16. The third kappa shape index (κ3) is 2.43. The first kappa shape index (κ1) is 13.1. The van der Waals surface area contributed by atoms with E-state index in [1.807, 2.05) is 0 Å². The van der Waals surface area contributed by atoms with E-state index in [9.17, 15) is 14.7 Å².